The molecule has 0 aliphatic carbocycles. The smallest absolute Gasteiger partial charge is 0.325 e. The van der Waals surface area contributed by atoms with Gasteiger partial charge in [0.15, 0.2) is 0 Å². The standard InChI is InChI=1S/C20H21NO3/c1-13-8-9-16(14(2)10-13)19-11-17-20(22)23-12-18(21(17)24-19)15-6-4-3-5-7-15/h3-10,17-19H,11-12H2,1-2H3/t17-,18+,19?/m0/s1. The summed E-state index contributed by atoms with van der Waals surface area (Å²) in [6.07, 6.45) is 0.527. The molecule has 1 unspecified atom stereocenters. The van der Waals surface area contributed by atoms with Gasteiger partial charge in [0, 0.05) is 6.42 Å². The van der Waals surface area contributed by atoms with Gasteiger partial charge in [-0.25, -0.2) is 0 Å². The second-order valence-electron chi connectivity index (χ2n) is 6.62. The Balaban J connectivity index is 1.64. The van der Waals surface area contributed by atoms with Gasteiger partial charge in [-0.3, -0.25) is 9.63 Å². The number of benzene rings is 2. The summed E-state index contributed by atoms with van der Waals surface area (Å²) in [5, 5.41) is 1.85. The topological polar surface area (TPSA) is 38.8 Å². The summed E-state index contributed by atoms with van der Waals surface area (Å²) in [7, 11) is 0. The molecule has 2 aliphatic heterocycles. The van der Waals surface area contributed by atoms with E-state index in [2.05, 4.69) is 44.2 Å². The molecule has 0 spiro atoms. The molecule has 4 nitrogen and oxygen atoms in total. The van der Waals surface area contributed by atoms with Crippen LogP contribution in [0.5, 0.6) is 0 Å². The number of nitrogens with zero attached hydrogens (tertiary/aromatic N) is 1. The van der Waals surface area contributed by atoms with Gasteiger partial charge in [0.2, 0.25) is 0 Å². The van der Waals surface area contributed by atoms with Crippen LogP contribution in [0.4, 0.5) is 0 Å². The fourth-order valence-electron chi connectivity index (χ4n) is 3.68. The normalized spacial score (nSPS) is 26.9. The van der Waals surface area contributed by atoms with Crippen molar-refractivity contribution >= 4 is 5.97 Å². The Bertz CT molecular complexity index is 759. The van der Waals surface area contributed by atoms with Crippen LogP contribution in [0.25, 0.3) is 0 Å². The van der Waals surface area contributed by atoms with E-state index in [9.17, 15) is 4.79 Å². The fourth-order valence-corrected chi connectivity index (χ4v) is 3.68. The van der Waals surface area contributed by atoms with Crippen LogP contribution in [0.15, 0.2) is 48.5 Å². The van der Waals surface area contributed by atoms with Crippen LogP contribution in [0.2, 0.25) is 0 Å². The second-order valence-corrected chi connectivity index (χ2v) is 6.62. The highest BCUT2D eigenvalue weighted by Crippen LogP contribution is 2.42. The molecule has 0 saturated carbocycles. The van der Waals surface area contributed by atoms with E-state index in [0.29, 0.717) is 13.0 Å². The van der Waals surface area contributed by atoms with Gasteiger partial charge in [0.05, 0.1) is 6.04 Å². The number of carbonyl (C=O) groups excluding carboxylic acids is 1. The molecule has 0 bridgehead atoms. The summed E-state index contributed by atoms with van der Waals surface area (Å²) >= 11 is 0. The van der Waals surface area contributed by atoms with Crippen LogP contribution in [0.3, 0.4) is 0 Å². The number of ether oxygens (including phenoxy) is 1. The van der Waals surface area contributed by atoms with Crippen LogP contribution in [0.1, 0.15) is 40.8 Å². The first-order valence-electron chi connectivity index (χ1n) is 8.37. The van der Waals surface area contributed by atoms with Gasteiger partial charge < -0.3 is 4.74 Å². The molecule has 2 saturated heterocycles. The lowest BCUT2D eigenvalue weighted by Gasteiger charge is -2.34. The first-order chi connectivity index (χ1) is 11.6. The molecule has 3 atom stereocenters. The minimum Gasteiger partial charge on any atom is -0.462 e. The highest BCUT2D eigenvalue weighted by molar-refractivity contribution is 5.77. The zero-order valence-corrected chi connectivity index (χ0v) is 13.9. The fraction of sp³-hybridized carbons (Fsp3) is 0.350. The lowest BCUT2D eigenvalue weighted by atomic mass is 9.96. The zero-order valence-electron chi connectivity index (χ0n) is 13.9. The van der Waals surface area contributed by atoms with Gasteiger partial charge in [0.1, 0.15) is 18.8 Å². The van der Waals surface area contributed by atoms with Crippen LogP contribution < -0.4 is 0 Å². The first kappa shape index (κ1) is 15.4. The summed E-state index contributed by atoms with van der Waals surface area (Å²) in [5.41, 5.74) is 4.68. The van der Waals surface area contributed by atoms with Crippen LogP contribution in [-0.4, -0.2) is 23.7 Å². The van der Waals surface area contributed by atoms with E-state index in [4.69, 9.17) is 9.57 Å². The van der Waals surface area contributed by atoms with E-state index in [1.54, 1.807) is 0 Å². The van der Waals surface area contributed by atoms with Crippen molar-refractivity contribution in [3.63, 3.8) is 0 Å². The summed E-state index contributed by atoms with van der Waals surface area (Å²) in [6.45, 7) is 4.51. The maximum absolute atomic E-state index is 12.2. The second kappa shape index (κ2) is 6.04. The van der Waals surface area contributed by atoms with Crippen molar-refractivity contribution in [1.29, 1.82) is 0 Å². The Morgan fingerprint density at radius 1 is 1.04 bits per heavy atom. The number of esters is 1. The number of hydroxylamine groups is 2. The van der Waals surface area contributed by atoms with Gasteiger partial charge in [-0.1, -0.05) is 54.1 Å². The summed E-state index contributed by atoms with van der Waals surface area (Å²) < 4.78 is 5.43. The molecule has 0 N–H and O–H groups in total. The number of rotatable bonds is 2. The predicted molar refractivity (Wildman–Crippen MR) is 90.1 cm³/mol. The van der Waals surface area contributed by atoms with E-state index in [1.165, 1.54) is 11.1 Å². The highest BCUT2D eigenvalue weighted by Gasteiger charge is 2.47. The first-order valence-corrected chi connectivity index (χ1v) is 8.37. The maximum Gasteiger partial charge on any atom is 0.325 e. The monoisotopic (exact) mass is 323 g/mol. The minimum absolute atomic E-state index is 0.0512. The average molecular weight is 323 g/mol. The van der Waals surface area contributed by atoms with E-state index < -0.39 is 0 Å². The largest absolute Gasteiger partial charge is 0.462 e. The third-order valence-electron chi connectivity index (χ3n) is 4.91. The van der Waals surface area contributed by atoms with Gasteiger partial charge >= 0.3 is 5.97 Å². The van der Waals surface area contributed by atoms with E-state index in [0.717, 1.165) is 11.1 Å². The summed E-state index contributed by atoms with van der Waals surface area (Å²) in [4.78, 5) is 18.5. The Labute approximate surface area is 141 Å². The number of cyclic esters (lactones) is 1. The van der Waals surface area contributed by atoms with Crippen molar-refractivity contribution in [3.05, 3.63) is 70.8 Å². The quantitative estimate of drug-likeness (QED) is 0.791. The molecule has 0 aromatic heterocycles. The molecule has 24 heavy (non-hydrogen) atoms. The number of morpholine rings is 1. The molecule has 2 aromatic carbocycles. The Hall–Kier alpha value is -2.17. The SMILES string of the molecule is Cc1ccc(C2C[C@H]3C(=O)OC[C@H](c4ccccc4)N3O2)c(C)c1. The third kappa shape index (κ3) is 2.62. The average Bonchev–Trinajstić information content (AvgIpc) is 3.02. The molecule has 0 radical (unpaired) electrons. The maximum atomic E-state index is 12.2. The number of fused-ring (bicyclic) bond motifs is 1. The molecule has 2 aromatic rings. The number of hydrogen-bond donors (Lipinski definition) is 0. The number of carbonyl (C=O) groups is 1. The molecule has 0 amide bonds. The van der Waals surface area contributed by atoms with Crippen molar-refractivity contribution in [2.24, 2.45) is 0 Å². The Kier molecular flexibility index (Phi) is 3.87. The van der Waals surface area contributed by atoms with Crippen molar-refractivity contribution in [3.8, 4) is 0 Å². The van der Waals surface area contributed by atoms with Crippen molar-refractivity contribution < 1.29 is 14.4 Å². The Morgan fingerprint density at radius 2 is 1.83 bits per heavy atom. The Morgan fingerprint density at radius 3 is 2.58 bits per heavy atom. The summed E-state index contributed by atoms with van der Waals surface area (Å²) in [5.74, 6) is -0.186. The minimum atomic E-state index is -0.338. The van der Waals surface area contributed by atoms with Crippen molar-refractivity contribution in [2.45, 2.75) is 38.5 Å². The van der Waals surface area contributed by atoms with Gasteiger partial charge in [-0.05, 0) is 30.5 Å². The van der Waals surface area contributed by atoms with E-state index in [1.807, 2.05) is 23.3 Å². The lowest BCUT2D eigenvalue weighted by molar-refractivity contribution is -0.228. The predicted octanol–water partition coefficient (Wildman–Crippen LogP) is 3.65. The lowest BCUT2D eigenvalue weighted by Crippen LogP contribution is -2.46. The van der Waals surface area contributed by atoms with Crippen LogP contribution >= 0.6 is 0 Å². The van der Waals surface area contributed by atoms with E-state index >= 15 is 0 Å². The number of aryl methyl sites for hydroxylation is 2. The molecule has 2 heterocycles. The van der Waals surface area contributed by atoms with Crippen molar-refractivity contribution in [1.82, 2.24) is 5.06 Å². The highest BCUT2D eigenvalue weighted by atomic mass is 16.7. The van der Waals surface area contributed by atoms with Gasteiger partial charge in [-0.15, -0.1) is 0 Å². The van der Waals surface area contributed by atoms with Crippen molar-refractivity contribution in [2.75, 3.05) is 6.61 Å². The molecular formula is C20H21NO3. The third-order valence-corrected chi connectivity index (χ3v) is 4.91. The van der Waals surface area contributed by atoms with Gasteiger partial charge in [-0.2, -0.15) is 5.06 Å². The molecule has 2 fully saturated rings. The molecule has 4 heteroatoms. The zero-order chi connectivity index (χ0) is 16.7. The van der Waals surface area contributed by atoms with Crippen LogP contribution in [0, 0.1) is 13.8 Å². The molecule has 4 rings (SSSR count). The molecule has 2 aliphatic rings. The van der Waals surface area contributed by atoms with Gasteiger partial charge in [0.25, 0.3) is 0 Å². The summed E-state index contributed by atoms with van der Waals surface area (Å²) in [6, 6.07) is 16.1. The van der Waals surface area contributed by atoms with E-state index in [-0.39, 0.29) is 24.2 Å². The molecule has 124 valence electrons. The van der Waals surface area contributed by atoms with Crippen LogP contribution in [-0.2, 0) is 14.4 Å². The number of hydrogen-bond acceptors (Lipinski definition) is 4. The molecular weight excluding hydrogens is 302 g/mol.